The number of benzene rings is 2. The van der Waals surface area contributed by atoms with Gasteiger partial charge in [-0.05, 0) is 73.2 Å². The van der Waals surface area contributed by atoms with Gasteiger partial charge in [-0.15, -0.1) is 0 Å². The molecule has 0 spiro atoms. The van der Waals surface area contributed by atoms with Crippen LogP contribution in [0.4, 0.5) is 4.39 Å². The molecule has 0 aliphatic carbocycles. The molecule has 0 amide bonds. The first-order valence-corrected chi connectivity index (χ1v) is 6.49. The van der Waals surface area contributed by atoms with Crippen LogP contribution in [-0.4, -0.2) is 0 Å². The van der Waals surface area contributed by atoms with Gasteiger partial charge in [0.15, 0.2) is 0 Å². The summed E-state index contributed by atoms with van der Waals surface area (Å²) in [5.74, 6) is -0.238. The molecule has 0 saturated carbocycles. The number of hydrogen-bond donors (Lipinski definition) is 1. The van der Waals surface area contributed by atoms with Crippen molar-refractivity contribution in [1.29, 1.82) is 0 Å². The fourth-order valence-corrected chi connectivity index (χ4v) is 2.43. The predicted octanol–water partition coefficient (Wildman–Crippen LogP) is 4.11. The van der Waals surface area contributed by atoms with Gasteiger partial charge in [0.05, 0.1) is 6.04 Å². The first kappa shape index (κ1) is 13.8. The summed E-state index contributed by atoms with van der Waals surface area (Å²) in [4.78, 5) is 0. The molecular weight excluding hydrogens is 237 g/mol. The minimum Gasteiger partial charge on any atom is -0.320 e. The van der Waals surface area contributed by atoms with Crippen LogP contribution in [0.25, 0.3) is 0 Å². The smallest absolute Gasteiger partial charge is 0.123 e. The zero-order valence-electron chi connectivity index (χ0n) is 11.9. The van der Waals surface area contributed by atoms with E-state index in [1.165, 1.54) is 23.3 Å². The second kappa shape index (κ2) is 5.14. The van der Waals surface area contributed by atoms with Crippen molar-refractivity contribution in [2.24, 2.45) is 5.73 Å². The van der Waals surface area contributed by atoms with Crippen LogP contribution in [0.1, 0.15) is 39.4 Å². The topological polar surface area (TPSA) is 26.0 Å². The summed E-state index contributed by atoms with van der Waals surface area (Å²) < 4.78 is 13.4. The summed E-state index contributed by atoms with van der Waals surface area (Å²) in [6.07, 6.45) is 0. The normalized spacial score (nSPS) is 12.5. The van der Waals surface area contributed by atoms with Gasteiger partial charge in [0.1, 0.15) is 5.82 Å². The minimum atomic E-state index is -0.282. The quantitative estimate of drug-likeness (QED) is 0.861. The Hall–Kier alpha value is -1.67. The molecule has 100 valence electrons. The maximum atomic E-state index is 13.4. The van der Waals surface area contributed by atoms with Crippen LogP contribution in [0, 0.1) is 33.5 Å². The Morgan fingerprint density at radius 2 is 1.37 bits per heavy atom. The highest BCUT2D eigenvalue weighted by Gasteiger charge is 2.15. The van der Waals surface area contributed by atoms with Gasteiger partial charge >= 0.3 is 0 Å². The van der Waals surface area contributed by atoms with E-state index in [1.807, 2.05) is 6.92 Å². The van der Waals surface area contributed by atoms with Crippen molar-refractivity contribution >= 4 is 0 Å². The fraction of sp³-hybridized carbons (Fsp3) is 0.294. The molecule has 1 unspecified atom stereocenters. The van der Waals surface area contributed by atoms with E-state index < -0.39 is 0 Å². The Balaban J connectivity index is 2.52. The molecule has 2 rings (SSSR count). The first-order valence-electron chi connectivity index (χ1n) is 6.49. The Bertz CT molecular complexity index is 617. The van der Waals surface area contributed by atoms with Gasteiger partial charge < -0.3 is 5.73 Å². The highest BCUT2D eigenvalue weighted by molar-refractivity contribution is 5.44. The molecule has 2 heteroatoms. The number of rotatable bonds is 2. The number of nitrogens with two attached hydrogens (primary N) is 1. The van der Waals surface area contributed by atoms with Gasteiger partial charge in [-0.1, -0.05) is 18.2 Å². The van der Waals surface area contributed by atoms with Crippen LogP contribution in [0.5, 0.6) is 0 Å². The molecule has 19 heavy (non-hydrogen) atoms. The first-order chi connectivity index (χ1) is 8.90. The Labute approximate surface area is 114 Å². The van der Waals surface area contributed by atoms with E-state index in [-0.39, 0.29) is 11.9 Å². The van der Waals surface area contributed by atoms with Crippen molar-refractivity contribution in [2.45, 2.75) is 33.7 Å². The molecule has 0 aromatic heterocycles. The third kappa shape index (κ3) is 2.69. The molecule has 0 saturated heterocycles. The molecule has 0 fully saturated rings. The van der Waals surface area contributed by atoms with Crippen molar-refractivity contribution in [3.05, 3.63) is 69.5 Å². The van der Waals surface area contributed by atoms with Gasteiger partial charge in [0, 0.05) is 0 Å². The van der Waals surface area contributed by atoms with E-state index in [2.05, 4.69) is 32.9 Å². The lowest BCUT2D eigenvalue weighted by molar-refractivity contribution is 0.622. The van der Waals surface area contributed by atoms with Crippen molar-refractivity contribution in [1.82, 2.24) is 0 Å². The second-order valence-electron chi connectivity index (χ2n) is 5.27. The summed E-state index contributed by atoms with van der Waals surface area (Å²) >= 11 is 0. The molecule has 0 heterocycles. The summed E-state index contributed by atoms with van der Waals surface area (Å²) in [5.41, 5.74) is 12.9. The molecule has 0 aliphatic heterocycles. The second-order valence-corrected chi connectivity index (χ2v) is 5.27. The van der Waals surface area contributed by atoms with Crippen molar-refractivity contribution in [3.8, 4) is 0 Å². The van der Waals surface area contributed by atoms with Gasteiger partial charge in [0.2, 0.25) is 0 Å². The van der Waals surface area contributed by atoms with Crippen LogP contribution >= 0.6 is 0 Å². The molecule has 1 nitrogen and oxygen atoms in total. The molecule has 2 aromatic rings. The van der Waals surface area contributed by atoms with Crippen molar-refractivity contribution in [2.75, 3.05) is 0 Å². The van der Waals surface area contributed by atoms with Crippen LogP contribution in [0.15, 0.2) is 30.3 Å². The van der Waals surface area contributed by atoms with Crippen LogP contribution in [0.2, 0.25) is 0 Å². The van der Waals surface area contributed by atoms with E-state index in [1.54, 1.807) is 6.07 Å². The van der Waals surface area contributed by atoms with Crippen LogP contribution < -0.4 is 5.73 Å². The monoisotopic (exact) mass is 257 g/mol. The third-order valence-electron chi connectivity index (χ3n) is 3.79. The van der Waals surface area contributed by atoms with Crippen LogP contribution in [-0.2, 0) is 0 Å². The summed E-state index contributed by atoms with van der Waals surface area (Å²) in [6.45, 7) is 8.18. The zero-order valence-corrected chi connectivity index (χ0v) is 11.9. The number of hydrogen-bond acceptors (Lipinski definition) is 1. The predicted molar refractivity (Wildman–Crippen MR) is 77.8 cm³/mol. The Morgan fingerprint density at radius 3 is 2.05 bits per heavy atom. The minimum absolute atomic E-state index is 0.238. The lowest BCUT2D eigenvalue weighted by atomic mass is 9.90. The molecule has 1 atom stereocenters. The maximum Gasteiger partial charge on any atom is 0.123 e. The largest absolute Gasteiger partial charge is 0.320 e. The van der Waals surface area contributed by atoms with Gasteiger partial charge in [-0.3, -0.25) is 0 Å². The van der Waals surface area contributed by atoms with E-state index >= 15 is 0 Å². The van der Waals surface area contributed by atoms with E-state index in [0.717, 1.165) is 22.3 Å². The van der Waals surface area contributed by atoms with E-state index in [4.69, 9.17) is 5.73 Å². The van der Waals surface area contributed by atoms with E-state index in [0.29, 0.717) is 0 Å². The zero-order chi connectivity index (χ0) is 14.2. The van der Waals surface area contributed by atoms with Gasteiger partial charge in [0.25, 0.3) is 0 Å². The maximum absolute atomic E-state index is 13.4. The molecule has 2 aromatic carbocycles. The third-order valence-corrected chi connectivity index (χ3v) is 3.79. The Kier molecular flexibility index (Phi) is 3.72. The molecule has 0 bridgehead atoms. The molecule has 0 aliphatic rings. The fourth-order valence-electron chi connectivity index (χ4n) is 2.43. The lowest BCUT2D eigenvalue weighted by Crippen LogP contribution is -2.15. The van der Waals surface area contributed by atoms with Crippen molar-refractivity contribution in [3.63, 3.8) is 0 Å². The molecule has 2 N–H and O–H groups in total. The lowest BCUT2D eigenvalue weighted by Gasteiger charge is -2.19. The summed E-state index contributed by atoms with van der Waals surface area (Å²) in [5, 5.41) is 0. The van der Waals surface area contributed by atoms with Crippen LogP contribution in [0.3, 0.4) is 0 Å². The number of aryl methyl sites for hydroxylation is 4. The highest BCUT2D eigenvalue weighted by atomic mass is 19.1. The SMILES string of the molecule is Cc1cc(C)c(C(N)c2cc(F)ccc2C)cc1C. The molecular formula is C17H20FN. The standard InChI is InChI=1S/C17H20FN/c1-10-5-6-14(18)9-16(10)17(19)15-8-12(3)11(2)7-13(15)4/h5-9,17H,19H2,1-4H3. The van der Waals surface area contributed by atoms with Crippen molar-refractivity contribution < 1.29 is 4.39 Å². The summed E-state index contributed by atoms with van der Waals surface area (Å²) in [6, 6.07) is 8.75. The average Bonchev–Trinajstić information content (AvgIpc) is 2.36. The average molecular weight is 257 g/mol. The summed E-state index contributed by atoms with van der Waals surface area (Å²) in [7, 11) is 0. The van der Waals surface area contributed by atoms with Gasteiger partial charge in [-0.25, -0.2) is 4.39 Å². The molecule has 0 radical (unpaired) electrons. The van der Waals surface area contributed by atoms with Gasteiger partial charge in [-0.2, -0.15) is 0 Å². The Morgan fingerprint density at radius 1 is 0.789 bits per heavy atom. The highest BCUT2D eigenvalue weighted by Crippen LogP contribution is 2.27. The van der Waals surface area contributed by atoms with E-state index in [9.17, 15) is 4.39 Å². The number of halogens is 1.